The summed E-state index contributed by atoms with van der Waals surface area (Å²) in [6, 6.07) is 61.2. The summed E-state index contributed by atoms with van der Waals surface area (Å²) in [5, 5.41) is 0. The Morgan fingerprint density at radius 1 is 0.484 bits per heavy atom. The van der Waals surface area contributed by atoms with Crippen LogP contribution < -0.4 is 9.80 Å². The van der Waals surface area contributed by atoms with E-state index in [9.17, 15) is 0 Å². The van der Waals surface area contributed by atoms with Crippen LogP contribution >= 0.6 is 0 Å². The minimum Gasteiger partial charge on any atom is -0.311 e. The molecule has 318 valence electrons. The summed E-state index contributed by atoms with van der Waals surface area (Å²) in [6.07, 6.45) is 18.3. The average Bonchev–Trinajstić information content (AvgIpc) is 3.31. The van der Waals surface area contributed by atoms with Gasteiger partial charge in [-0.05, 0) is 228 Å². The first-order chi connectivity index (χ1) is 31.4. The number of hydrogen-bond donors (Lipinski definition) is 0. The number of anilines is 6. The molecule has 0 heterocycles. The first-order valence-electron chi connectivity index (χ1n) is 24.4. The van der Waals surface area contributed by atoms with Crippen molar-refractivity contribution in [2.45, 2.75) is 101 Å². The lowest BCUT2D eigenvalue weighted by Crippen LogP contribution is -2.55. The van der Waals surface area contributed by atoms with Crippen LogP contribution in [-0.4, -0.2) is 0 Å². The summed E-state index contributed by atoms with van der Waals surface area (Å²) >= 11 is 0. The van der Waals surface area contributed by atoms with Gasteiger partial charge in [0.15, 0.2) is 0 Å². The molecule has 2 nitrogen and oxygen atoms in total. The Morgan fingerprint density at radius 3 is 1.31 bits per heavy atom. The molecule has 7 aromatic carbocycles. The monoisotopic (exact) mass is 832 g/mol. The molecule has 0 aliphatic heterocycles. The summed E-state index contributed by atoms with van der Waals surface area (Å²) in [7, 11) is 0. The predicted molar refractivity (Wildman–Crippen MR) is 269 cm³/mol. The van der Waals surface area contributed by atoms with Crippen molar-refractivity contribution in [1.82, 2.24) is 0 Å². The number of rotatable bonds is 13. The number of fused-ring (bicyclic) bond motifs is 2. The van der Waals surface area contributed by atoms with Crippen LogP contribution in [0.25, 0.3) is 17.2 Å². The van der Waals surface area contributed by atoms with Gasteiger partial charge in [0.2, 0.25) is 0 Å². The number of unbranched alkanes of at least 4 members (excludes halogenated alkanes) is 1. The average molecular weight is 833 g/mol. The Labute approximate surface area is 381 Å². The van der Waals surface area contributed by atoms with Gasteiger partial charge in [0.05, 0.1) is 0 Å². The van der Waals surface area contributed by atoms with E-state index in [1.807, 2.05) is 6.08 Å². The maximum absolute atomic E-state index is 4.02. The minimum absolute atomic E-state index is 0.253. The zero-order valence-electron chi connectivity index (χ0n) is 37.5. The van der Waals surface area contributed by atoms with Crippen LogP contribution in [0.1, 0.15) is 103 Å². The normalized spacial score (nSPS) is 22.2. The Hall–Kier alpha value is -6.12. The highest BCUT2D eigenvalue weighted by Crippen LogP contribution is 2.66. The van der Waals surface area contributed by atoms with E-state index in [0.717, 1.165) is 18.3 Å². The molecule has 0 amide bonds. The highest BCUT2D eigenvalue weighted by Gasteiger charge is 2.58. The lowest BCUT2D eigenvalue weighted by atomic mass is 9.42. The summed E-state index contributed by atoms with van der Waals surface area (Å²) in [5.41, 5.74) is 22.0. The summed E-state index contributed by atoms with van der Waals surface area (Å²) in [6.45, 7) is 6.30. The van der Waals surface area contributed by atoms with Crippen LogP contribution in [0.5, 0.6) is 0 Å². The quantitative estimate of drug-likeness (QED) is 0.114. The summed E-state index contributed by atoms with van der Waals surface area (Å²) < 4.78 is 0. The lowest BCUT2D eigenvalue weighted by Gasteiger charge is -2.63. The molecule has 2 unspecified atom stereocenters. The van der Waals surface area contributed by atoms with Gasteiger partial charge in [-0.3, -0.25) is 0 Å². The van der Waals surface area contributed by atoms with Crippen molar-refractivity contribution in [2.75, 3.05) is 9.80 Å². The standard InChI is InChI=1S/C62H60N2/c1-3-5-6-44-9-25-55(26-10-44)63(58-33-23-54(24-34-58)62-40-45-35-46(41-62)39-61(38-45,42-62)53-21-7-43(4-2)8-22-53)56-27-15-47(16-28-56)48-17-29-57(30-18-48)64(59-31-19-49-11-13-51(49)36-59)60-32-20-50-12-14-52(50)37-60/h4,7-10,15-34,36-37,45-46H,2-3,5-6,11-14,35,38-42H2,1H3. The first-order valence-corrected chi connectivity index (χ1v) is 24.4. The van der Waals surface area contributed by atoms with Crippen LogP contribution in [0, 0.1) is 11.8 Å². The van der Waals surface area contributed by atoms with E-state index in [4.69, 9.17) is 0 Å². The second-order valence-electron chi connectivity index (χ2n) is 20.3. The van der Waals surface area contributed by atoms with E-state index in [1.54, 1.807) is 11.1 Å². The number of nitrogens with zero attached hydrogens (tertiary/aromatic N) is 2. The van der Waals surface area contributed by atoms with Gasteiger partial charge >= 0.3 is 0 Å². The third kappa shape index (κ3) is 6.93. The molecule has 6 aliphatic carbocycles. The van der Waals surface area contributed by atoms with Gasteiger partial charge in [-0.1, -0.05) is 111 Å². The van der Waals surface area contributed by atoms with E-state index in [1.165, 1.54) is 156 Å². The Morgan fingerprint density at radius 2 is 0.891 bits per heavy atom. The molecule has 7 aromatic rings. The Bertz CT molecular complexity index is 2760. The zero-order chi connectivity index (χ0) is 42.8. The van der Waals surface area contributed by atoms with Crippen molar-refractivity contribution in [3.05, 3.63) is 209 Å². The highest BCUT2D eigenvalue weighted by atomic mass is 15.1. The van der Waals surface area contributed by atoms with Crippen molar-refractivity contribution in [3.8, 4) is 11.1 Å². The zero-order valence-corrected chi connectivity index (χ0v) is 37.5. The predicted octanol–water partition coefficient (Wildman–Crippen LogP) is 16.3. The largest absolute Gasteiger partial charge is 0.311 e. The maximum Gasteiger partial charge on any atom is 0.0464 e. The van der Waals surface area contributed by atoms with Crippen molar-refractivity contribution < 1.29 is 0 Å². The van der Waals surface area contributed by atoms with E-state index in [-0.39, 0.29) is 5.41 Å². The van der Waals surface area contributed by atoms with Crippen molar-refractivity contribution in [2.24, 2.45) is 11.8 Å². The Kier molecular flexibility index (Phi) is 9.77. The van der Waals surface area contributed by atoms with Gasteiger partial charge in [-0.15, -0.1) is 0 Å². The molecule has 64 heavy (non-hydrogen) atoms. The molecule has 2 atom stereocenters. The highest BCUT2D eigenvalue weighted by molar-refractivity contribution is 5.81. The Balaban J connectivity index is 0.845. The fourth-order valence-electron chi connectivity index (χ4n) is 13.2. The van der Waals surface area contributed by atoms with Gasteiger partial charge in [0.25, 0.3) is 0 Å². The van der Waals surface area contributed by atoms with Crippen molar-refractivity contribution in [1.29, 1.82) is 0 Å². The van der Waals surface area contributed by atoms with Gasteiger partial charge in [0.1, 0.15) is 0 Å². The van der Waals surface area contributed by atoms with E-state index >= 15 is 0 Å². The van der Waals surface area contributed by atoms with Gasteiger partial charge in [0, 0.05) is 34.1 Å². The summed E-state index contributed by atoms with van der Waals surface area (Å²) in [4.78, 5) is 4.91. The summed E-state index contributed by atoms with van der Waals surface area (Å²) in [5.74, 6) is 1.63. The molecule has 0 saturated heterocycles. The van der Waals surface area contributed by atoms with Gasteiger partial charge in [-0.25, -0.2) is 0 Å². The lowest BCUT2D eigenvalue weighted by molar-refractivity contribution is -0.0281. The first kappa shape index (κ1) is 39.5. The van der Waals surface area contributed by atoms with Gasteiger partial charge < -0.3 is 9.80 Å². The number of aryl methyl sites for hydroxylation is 5. The molecule has 2 heteroatoms. The number of hydrogen-bond acceptors (Lipinski definition) is 2. The van der Waals surface area contributed by atoms with Crippen LogP contribution in [0.2, 0.25) is 0 Å². The fourth-order valence-corrected chi connectivity index (χ4v) is 13.2. The van der Waals surface area contributed by atoms with E-state index in [2.05, 4.69) is 181 Å². The third-order valence-electron chi connectivity index (χ3n) is 16.4. The molecule has 0 aromatic heterocycles. The van der Waals surface area contributed by atoms with E-state index < -0.39 is 0 Å². The van der Waals surface area contributed by atoms with Crippen LogP contribution in [0.15, 0.2) is 164 Å². The number of benzene rings is 7. The molecular weight excluding hydrogens is 773 g/mol. The molecule has 0 radical (unpaired) electrons. The molecule has 0 spiro atoms. The molecule has 4 bridgehead atoms. The third-order valence-corrected chi connectivity index (χ3v) is 16.4. The minimum atomic E-state index is 0.253. The maximum atomic E-state index is 4.02. The fraction of sp³-hybridized carbons (Fsp3) is 0.290. The van der Waals surface area contributed by atoms with Crippen LogP contribution in [0.3, 0.4) is 0 Å². The van der Waals surface area contributed by atoms with Crippen molar-refractivity contribution in [3.63, 3.8) is 0 Å². The molecule has 4 fully saturated rings. The second kappa shape index (κ2) is 15.8. The molecule has 13 rings (SSSR count). The van der Waals surface area contributed by atoms with Crippen LogP contribution in [-0.2, 0) is 42.9 Å². The van der Waals surface area contributed by atoms with Crippen molar-refractivity contribution >= 4 is 40.2 Å². The molecule has 4 saturated carbocycles. The molecule has 0 N–H and O–H groups in total. The SMILES string of the molecule is C=Cc1ccc(C23CC4CC(C2)CC(c2ccc(N(c5ccc(CCCC)cc5)c5ccc(-c6ccc(N(c7ccc8c(c7)CC8)c7ccc8c(c7)CC8)cc6)cc5)cc2)(C4)C3)cc1. The topological polar surface area (TPSA) is 6.48 Å². The second-order valence-corrected chi connectivity index (χ2v) is 20.3. The smallest absolute Gasteiger partial charge is 0.0464 e. The molecule has 6 aliphatic rings. The molecular formula is C62H60N2. The van der Waals surface area contributed by atoms with Crippen LogP contribution in [0.4, 0.5) is 34.1 Å². The van der Waals surface area contributed by atoms with Gasteiger partial charge in [-0.2, -0.15) is 0 Å². The van der Waals surface area contributed by atoms with E-state index in [0.29, 0.717) is 5.41 Å².